The van der Waals surface area contributed by atoms with Gasteiger partial charge in [-0.25, -0.2) is 13.9 Å². The number of halogens is 4. The lowest BCUT2D eigenvalue weighted by atomic mass is 10.0. The first-order valence-corrected chi connectivity index (χ1v) is 12.6. The van der Waals surface area contributed by atoms with Crippen LogP contribution in [0.2, 0.25) is 0 Å². The average Bonchev–Trinajstić information content (AvgIpc) is 3.57. The summed E-state index contributed by atoms with van der Waals surface area (Å²) >= 11 is 0. The van der Waals surface area contributed by atoms with Crippen LogP contribution >= 0.6 is 0 Å². The number of carbonyl (C=O) groups excluding carboxylic acids is 2. The monoisotopic (exact) mass is 582 g/mol. The summed E-state index contributed by atoms with van der Waals surface area (Å²) in [6.45, 7) is 0. The zero-order valence-corrected chi connectivity index (χ0v) is 21.1. The van der Waals surface area contributed by atoms with E-state index in [1.165, 1.54) is 42.5 Å². The quantitative estimate of drug-likeness (QED) is 0.243. The molecule has 1 aliphatic rings. The minimum Gasteiger partial charge on any atom is -0.318 e. The molecule has 0 spiro atoms. The van der Waals surface area contributed by atoms with Crippen molar-refractivity contribution in [3.05, 3.63) is 101 Å². The highest BCUT2D eigenvalue weighted by molar-refractivity contribution is 7.71. The second-order valence-electron chi connectivity index (χ2n) is 8.41. The fraction of sp³-hybridized carbons (Fsp3) is 0.0385. The Hall–Kier alpha value is -5.31. The number of azo groups is 1. The molecule has 2 heterocycles. The number of amidine groups is 1. The van der Waals surface area contributed by atoms with E-state index in [9.17, 15) is 31.2 Å². The van der Waals surface area contributed by atoms with Gasteiger partial charge >= 0.3 is 12.2 Å². The van der Waals surface area contributed by atoms with Crippen LogP contribution in [0, 0.1) is 5.82 Å². The van der Waals surface area contributed by atoms with E-state index >= 15 is 4.39 Å². The molecule has 1 N–H and O–H groups in total. The SMILES string of the molecule is O=C1N=NC(c2cccc(-n3nc(C(F)(F)F)cc3C(=O)Nc3ccc(-c4ccccc4C=S(=O)=O)cc3F)c2)=N1. The van der Waals surface area contributed by atoms with Gasteiger partial charge in [-0.05, 0) is 41.0 Å². The Kier molecular flexibility index (Phi) is 7.11. The topological polar surface area (TPSA) is 135 Å². The third-order valence-electron chi connectivity index (χ3n) is 5.73. The summed E-state index contributed by atoms with van der Waals surface area (Å²) in [6, 6.07) is 15.2. The van der Waals surface area contributed by atoms with Crippen molar-refractivity contribution in [2.45, 2.75) is 6.18 Å². The number of urea groups is 1. The maximum Gasteiger partial charge on any atom is 0.435 e. The Morgan fingerprint density at radius 1 is 0.927 bits per heavy atom. The third-order valence-corrected chi connectivity index (χ3v) is 6.17. The minimum atomic E-state index is -4.90. The molecule has 0 aliphatic carbocycles. The van der Waals surface area contributed by atoms with Gasteiger partial charge in [0, 0.05) is 11.6 Å². The lowest BCUT2D eigenvalue weighted by Crippen LogP contribution is -2.18. The van der Waals surface area contributed by atoms with E-state index < -0.39 is 45.6 Å². The average molecular weight is 582 g/mol. The number of aliphatic imine (C=N–C) groups is 1. The van der Waals surface area contributed by atoms with E-state index in [1.807, 2.05) is 0 Å². The Morgan fingerprint density at radius 3 is 2.39 bits per heavy atom. The number of hydrogen-bond donors (Lipinski definition) is 1. The third kappa shape index (κ3) is 5.84. The summed E-state index contributed by atoms with van der Waals surface area (Å²) in [7, 11) is -2.51. The maximum atomic E-state index is 15.1. The second kappa shape index (κ2) is 10.7. The van der Waals surface area contributed by atoms with Crippen LogP contribution in [0.1, 0.15) is 27.3 Å². The van der Waals surface area contributed by atoms with Gasteiger partial charge < -0.3 is 5.32 Å². The molecule has 0 fully saturated rings. The van der Waals surface area contributed by atoms with E-state index in [0.29, 0.717) is 22.8 Å². The molecule has 0 radical (unpaired) electrons. The summed E-state index contributed by atoms with van der Waals surface area (Å²) in [4.78, 5) is 28.0. The molecule has 3 amide bonds. The second-order valence-corrected chi connectivity index (χ2v) is 9.16. The number of rotatable bonds is 6. The van der Waals surface area contributed by atoms with Crippen LogP contribution < -0.4 is 5.32 Å². The fourth-order valence-electron chi connectivity index (χ4n) is 3.94. The number of hydrogen-bond acceptors (Lipinski definition) is 6. The molecule has 10 nitrogen and oxygen atoms in total. The van der Waals surface area contributed by atoms with Crippen molar-refractivity contribution in [2.24, 2.45) is 15.2 Å². The molecule has 5 rings (SSSR count). The van der Waals surface area contributed by atoms with Gasteiger partial charge in [0.25, 0.3) is 5.91 Å². The Balaban J connectivity index is 1.50. The normalized spacial score (nSPS) is 12.8. The van der Waals surface area contributed by atoms with Gasteiger partial charge in [0.1, 0.15) is 11.5 Å². The first kappa shape index (κ1) is 27.3. The summed E-state index contributed by atoms with van der Waals surface area (Å²) < 4.78 is 78.7. The molecule has 4 aromatic rings. The number of anilines is 1. The van der Waals surface area contributed by atoms with Crippen LogP contribution in [0.15, 0.2) is 88.0 Å². The molecule has 0 atom stereocenters. The van der Waals surface area contributed by atoms with Crippen LogP contribution in [-0.2, 0) is 16.5 Å². The van der Waals surface area contributed by atoms with E-state index in [0.717, 1.165) is 16.1 Å². The van der Waals surface area contributed by atoms with E-state index in [4.69, 9.17) is 0 Å². The predicted octanol–water partition coefficient (Wildman–Crippen LogP) is 5.31. The Morgan fingerprint density at radius 2 is 1.71 bits per heavy atom. The zero-order valence-electron chi connectivity index (χ0n) is 20.3. The summed E-state index contributed by atoms with van der Waals surface area (Å²) in [5.41, 5.74) is -1.06. The number of aromatic nitrogens is 2. The molecule has 206 valence electrons. The van der Waals surface area contributed by atoms with Crippen LogP contribution in [-0.4, -0.2) is 41.3 Å². The molecular weight excluding hydrogens is 568 g/mol. The molecular formula is C26H14F4N6O4S. The van der Waals surface area contributed by atoms with Crippen LogP contribution in [0.5, 0.6) is 0 Å². The highest BCUT2D eigenvalue weighted by atomic mass is 32.2. The number of amides is 3. The predicted molar refractivity (Wildman–Crippen MR) is 139 cm³/mol. The molecule has 3 aromatic carbocycles. The minimum absolute atomic E-state index is 0.000151. The molecule has 0 saturated carbocycles. The van der Waals surface area contributed by atoms with Crippen molar-refractivity contribution >= 4 is 39.1 Å². The fourth-order valence-corrected chi connectivity index (χ4v) is 4.35. The molecule has 0 unspecified atom stereocenters. The first-order chi connectivity index (χ1) is 19.5. The largest absolute Gasteiger partial charge is 0.435 e. The van der Waals surface area contributed by atoms with Gasteiger partial charge in [0.2, 0.25) is 10.3 Å². The first-order valence-electron chi connectivity index (χ1n) is 11.5. The molecule has 1 aromatic heterocycles. The Bertz CT molecular complexity index is 1920. The highest BCUT2D eigenvalue weighted by Crippen LogP contribution is 2.31. The van der Waals surface area contributed by atoms with Crippen LogP contribution in [0.25, 0.3) is 16.8 Å². The van der Waals surface area contributed by atoms with Crippen molar-refractivity contribution in [3.8, 4) is 16.8 Å². The van der Waals surface area contributed by atoms with Crippen molar-refractivity contribution in [2.75, 3.05) is 5.32 Å². The lowest BCUT2D eigenvalue weighted by Gasteiger charge is -2.11. The number of nitrogens with one attached hydrogen (secondary N) is 1. The van der Waals surface area contributed by atoms with E-state index in [1.54, 1.807) is 18.2 Å². The van der Waals surface area contributed by atoms with Gasteiger partial charge in [-0.3, -0.25) is 4.79 Å². The standard InChI is InChI=1S/C26H14F4N6O4S/c27-19-11-14(18-7-2-1-4-16(18)13-41(39)40)8-9-20(19)31-24(37)21-12-22(26(28,29)30)35-36(21)17-6-3-5-15(10-17)23-32-25(38)34-33-23/h1-13H,(H,31,37). The van der Waals surface area contributed by atoms with Gasteiger partial charge in [0.05, 0.1) is 16.7 Å². The van der Waals surface area contributed by atoms with Gasteiger partial charge in [0.15, 0.2) is 11.5 Å². The van der Waals surface area contributed by atoms with Gasteiger partial charge in [-0.2, -0.15) is 31.7 Å². The van der Waals surface area contributed by atoms with Crippen molar-refractivity contribution in [3.63, 3.8) is 0 Å². The van der Waals surface area contributed by atoms with Gasteiger partial charge in [-0.1, -0.05) is 47.6 Å². The number of alkyl halides is 3. The van der Waals surface area contributed by atoms with Gasteiger partial charge in [-0.15, -0.1) is 5.11 Å². The lowest BCUT2D eigenvalue weighted by molar-refractivity contribution is -0.141. The smallest absolute Gasteiger partial charge is 0.318 e. The number of benzene rings is 3. The van der Waals surface area contributed by atoms with Crippen LogP contribution in [0.4, 0.5) is 28.0 Å². The van der Waals surface area contributed by atoms with Crippen molar-refractivity contribution < 1.29 is 35.6 Å². The summed E-state index contributed by atoms with van der Waals surface area (Å²) in [5.74, 6) is -2.10. The molecule has 0 saturated heterocycles. The molecule has 15 heteroatoms. The zero-order chi connectivity index (χ0) is 29.3. The van der Waals surface area contributed by atoms with E-state index in [2.05, 4.69) is 25.6 Å². The Labute approximate surface area is 229 Å². The summed E-state index contributed by atoms with van der Waals surface area (Å²) in [5, 5.41) is 13.6. The number of carbonyl (C=O) groups is 2. The van der Waals surface area contributed by atoms with Crippen molar-refractivity contribution in [1.29, 1.82) is 0 Å². The van der Waals surface area contributed by atoms with E-state index in [-0.39, 0.29) is 22.8 Å². The molecule has 41 heavy (non-hydrogen) atoms. The number of nitrogens with zero attached hydrogens (tertiary/aromatic N) is 5. The maximum absolute atomic E-state index is 15.1. The highest BCUT2D eigenvalue weighted by Gasteiger charge is 2.36. The summed E-state index contributed by atoms with van der Waals surface area (Å²) in [6.07, 6.45) is -4.90. The molecule has 0 bridgehead atoms. The molecule has 1 aliphatic heterocycles. The van der Waals surface area contributed by atoms with Crippen LogP contribution in [0.3, 0.4) is 0 Å². The van der Waals surface area contributed by atoms with Crippen molar-refractivity contribution in [1.82, 2.24) is 9.78 Å².